The van der Waals surface area contributed by atoms with E-state index in [9.17, 15) is 4.79 Å². The monoisotopic (exact) mass is 482 g/mol. The maximum absolute atomic E-state index is 12.8. The summed E-state index contributed by atoms with van der Waals surface area (Å²) in [6, 6.07) is 6.58. The van der Waals surface area contributed by atoms with Crippen LogP contribution in [0.1, 0.15) is 79.8 Å². The first-order valence-electron chi connectivity index (χ1n) is 13.0. The molecule has 2 aliphatic rings. The van der Waals surface area contributed by atoms with Crippen molar-refractivity contribution in [1.82, 2.24) is 4.98 Å². The van der Waals surface area contributed by atoms with Gasteiger partial charge in [-0.1, -0.05) is 37.1 Å². The van der Waals surface area contributed by atoms with Gasteiger partial charge in [0.1, 0.15) is 5.75 Å². The number of aromatic nitrogens is 1. The van der Waals surface area contributed by atoms with Crippen molar-refractivity contribution in [3.63, 3.8) is 0 Å². The first-order chi connectivity index (χ1) is 16.4. The summed E-state index contributed by atoms with van der Waals surface area (Å²) in [6.07, 6.45) is 15.3. The lowest BCUT2D eigenvalue weighted by Crippen LogP contribution is -2.31. The molecule has 0 bridgehead atoms. The van der Waals surface area contributed by atoms with Crippen LogP contribution in [0.2, 0.25) is 5.02 Å². The molecule has 2 aliphatic carbocycles. The molecule has 4 nitrogen and oxygen atoms in total. The molecule has 3 N–H and O–H groups in total. The van der Waals surface area contributed by atoms with Crippen LogP contribution in [-0.2, 0) is 25.7 Å². The summed E-state index contributed by atoms with van der Waals surface area (Å²) in [7, 11) is 0. The van der Waals surface area contributed by atoms with Gasteiger partial charge in [-0.05, 0) is 106 Å². The summed E-state index contributed by atoms with van der Waals surface area (Å²) in [5, 5.41) is 0.736. The molecule has 0 spiro atoms. The van der Waals surface area contributed by atoms with Gasteiger partial charge in [-0.2, -0.15) is 0 Å². The fourth-order valence-electron chi connectivity index (χ4n) is 5.50. The Morgan fingerprint density at radius 1 is 1.03 bits per heavy atom. The van der Waals surface area contributed by atoms with E-state index in [2.05, 4.69) is 36.2 Å². The van der Waals surface area contributed by atoms with Crippen molar-refractivity contribution in [1.29, 1.82) is 0 Å². The number of fused-ring (bicyclic) bond motifs is 2. The number of rotatable bonds is 3. The molecule has 1 heterocycles. The van der Waals surface area contributed by atoms with Crippen LogP contribution in [-0.4, -0.2) is 17.1 Å². The van der Waals surface area contributed by atoms with Crippen LogP contribution in [0.4, 0.5) is 0 Å². The average Bonchev–Trinajstić information content (AvgIpc) is 2.81. The highest BCUT2D eigenvalue weighted by Crippen LogP contribution is 2.33. The normalized spacial score (nSPS) is 23.7. The van der Waals surface area contributed by atoms with Crippen LogP contribution in [0.25, 0.3) is 0 Å². The highest BCUT2D eigenvalue weighted by atomic mass is 35.5. The Morgan fingerprint density at radius 3 is 2.56 bits per heavy atom. The number of hydrogen-bond acceptors (Lipinski definition) is 3. The highest BCUT2D eigenvalue weighted by molar-refractivity contribution is 6.30. The van der Waals surface area contributed by atoms with E-state index in [1.807, 2.05) is 13.0 Å². The molecule has 0 radical (unpaired) electrons. The third-order valence-corrected chi connectivity index (χ3v) is 7.82. The van der Waals surface area contributed by atoms with Crippen molar-refractivity contribution in [3.05, 3.63) is 73.7 Å². The summed E-state index contributed by atoms with van der Waals surface area (Å²) in [6.45, 7) is 4.20. The molecule has 1 unspecified atom stereocenters. The Morgan fingerprint density at radius 2 is 1.79 bits per heavy atom. The van der Waals surface area contributed by atoms with Crippen molar-refractivity contribution in [2.45, 2.75) is 96.6 Å². The number of H-pyrrole nitrogens is 1. The molecule has 1 aromatic carbocycles. The van der Waals surface area contributed by atoms with Crippen LogP contribution in [0.5, 0.6) is 5.75 Å². The van der Waals surface area contributed by atoms with Crippen LogP contribution in [0, 0.1) is 12.8 Å². The summed E-state index contributed by atoms with van der Waals surface area (Å²) in [4.78, 5) is 15.8. The first-order valence-corrected chi connectivity index (χ1v) is 13.4. The minimum absolute atomic E-state index is 0.0821. The smallest absolute Gasteiger partial charge is 0.251 e. The fourth-order valence-corrected chi connectivity index (χ4v) is 5.73. The zero-order valence-corrected chi connectivity index (χ0v) is 21.4. The fraction of sp³-hybridized carbons (Fsp3) is 0.552. The van der Waals surface area contributed by atoms with E-state index in [4.69, 9.17) is 22.1 Å². The summed E-state index contributed by atoms with van der Waals surface area (Å²) in [5.74, 6) is 1.39. The standard InChI is InChI=1S/C29H39ClN2O2/c1-3-20-9-10-22-17-23(30)18-28(34-25-13-11-24(31)12-14-25)26(22)8-6-4-5-7-21-15-19(2)32-29(33)27(21)16-20/h4,6,15,17-18,20,24-25H,3,5,7-14,16,31H2,1-2H3,(H,32,33). The Hall–Kier alpha value is -2.04. The van der Waals surface area contributed by atoms with Crippen molar-refractivity contribution >= 4 is 11.6 Å². The lowest BCUT2D eigenvalue weighted by atomic mass is 9.87. The first kappa shape index (κ1) is 25.1. The Balaban J connectivity index is 1.63. The molecule has 4 rings (SSSR count). The van der Waals surface area contributed by atoms with Crippen molar-refractivity contribution in [2.75, 3.05) is 0 Å². The van der Waals surface area contributed by atoms with Gasteiger partial charge in [0.2, 0.25) is 0 Å². The van der Waals surface area contributed by atoms with Gasteiger partial charge in [-0.3, -0.25) is 4.79 Å². The van der Waals surface area contributed by atoms with E-state index in [0.29, 0.717) is 12.0 Å². The third-order valence-electron chi connectivity index (χ3n) is 7.60. The van der Waals surface area contributed by atoms with E-state index in [1.165, 1.54) is 16.7 Å². The molecule has 5 heteroatoms. The summed E-state index contributed by atoms with van der Waals surface area (Å²) < 4.78 is 6.55. The van der Waals surface area contributed by atoms with Crippen LogP contribution in [0.15, 0.2) is 35.1 Å². The SMILES string of the molecule is CCC1CCc2cc(Cl)cc(OC3CCC(N)CC3)c2CC=CCCc2cc(C)[nH]c(=O)c2C1. The quantitative estimate of drug-likeness (QED) is 0.509. The van der Waals surface area contributed by atoms with Gasteiger partial charge >= 0.3 is 0 Å². The molecule has 184 valence electrons. The molecule has 0 saturated heterocycles. The molecule has 1 atom stereocenters. The highest BCUT2D eigenvalue weighted by Gasteiger charge is 2.22. The van der Waals surface area contributed by atoms with Gasteiger partial charge in [0.05, 0.1) is 6.10 Å². The molecule has 34 heavy (non-hydrogen) atoms. The molecular weight excluding hydrogens is 444 g/mol. The number of benzene rings is 1. The number of hydrogen-bond donors (Lipinski definition) is 2. The zero-order chi connectivity index (χ0) is 24.1. The van der Waals surface area contributed by atoms with Crippen LogP contribution < -0.4 is 16.0 Å². The number of allylic oxidation sites excluding steroid dienone is 2. The van der Waals surface area contributed by atoms with E-state index >= 15 is 0 Å². The topological polar surface area (TPSA) is 68.1 Å². The van der Waals surface area contributed by atoms with Gasteiger partial charge in [0.25, 0.3) is 5.56 Å². The summed E-state index contributed by atoms with van der Waals surface area (Å²) >= 11 is 6.58. The zero-order valence-electron chi connectivity index (χ0n) is 20.7. The van der Waals surface area contributed by atoms with Crippen LogP contribution in [0.3, 0.4) is 0 Å². The molecule has 0 amide bonds. The van der Waals surface area contributed by atoms with E-state index in [-0.39, 0.29) is 11.7 Å². The number of halogens is 1. The molecular formula is C29H39ClN2O2. The van der Waals surface area contributed by atoms with E-state index in [1.54, 1.807) is 0 Å². The second-order valence-corrected chi connectivity index (χ2v) is 10.6. The second-order valence-electron chi connectivity index (χ2n) is 10.2. The maximum Gasteiger partial charge on any atom is 0.251 e. The second kappa shape index (κ2) is 11.6. The number of pyridine rings is 1. The number of nitrogens with two attached hydrogens (primary N) is 1. The molecule has 2 aromatic rings. The Kier molecular flexibility index (Phi) is 8.55. The minimum Gasteiger partial charge on any atom is -0.490 e. The van der Waals surface area contributed by atoms with E-state index in [0.717, 1.165) is 92.7 Å². The van der Waals surface area contributed by atoms with Gasteiger partial charge in [-0.25, -0.2) is 0 Å². The van der Waals surface area contributed by atoms with Gasteiger partial charge in [0.15, 0.2) is 0 Å². The van der Waals surface area contributed by atoms with Crippen molar-refractivity contribution in [2.24, 2.45) is 11.7 Å². The predicted molar refractivity (Wildman–Crippen MR) is 141 cm³/mol. The Labute approximate surface area is 208 Å². The third kappa shape index (κ3) is 6.34. The maximum atomic E-state index is 12.8. The van der Waals surface area contributed by atoms with Gasteiger partial charge < -0.3 is 15.5 Å². The number of aryl methyl sites for hydroxylation is 3. The molecule has 1 aromatic heterocycles. The van der Waals surface area contributed by atoms with Crippen molar-refractivity contribution in [3.8, 4) is 5.75 Å². The molecule has 1 fully saturated rings. The number of ether oxygens (including phenoxy) is 1. The van der Waals surface area contributed by atoms with E-state index < -0.39 is 0 Å². The lowest BCUT2D eigenvalue weighted by Gasteiger charge is -2.28. The minimum atomic E-state index is 0.0821. The van der Waals surface area contributed by atoms with Crippen molar-refractivity contribution < 1.29 is 4.74 Å². The van der Waals surface area contributed by atoms with Gasteiger partial charge in [0, 0.05) is 27.9 Å². The van der Waals surface area contributed by atoms with Crippen LogP contribution >= 0.6 is 11.6 Å². The number of nitrogens with one attached hydrogen (secondary N) is 1. The van der Waals surface area contributed by atoms with Gasteiger partial charge in [-0.15, -0.1) is 0 Å². The number of aromatic amines is 1. The average molecular weight is 483 g/mol. The lowest BCUT2D eigenvalue weighted by molar-refractivity contribution is 0.146. The summed E-state index contributed by atoms with van der Waals surface area (Å²) in [5.41, 5.74) is 11.8. The molecule has 1 saturated carbocycles. The predicted octanol–water partition coefficient (Wildman–Crippen LogP) is 6.23. The molecule has 0 aliphatic heterocycles. The largest absolute Gasteiger partial charge is 0.490 e. The Bertz CT molecular complexity index is 1070.